The molecule has 3 nitrogen and oxygen atoms in total. The maximum Gasteiger partial charge on any atom is 0.157 e. The molecule has 0 unspecified atom stereocenters. The van der Waals surface area contributed by atoms with Crippen LogP contribution in [0, 0.1) is 0 Å². The molecule has 0 fully saturated rings. The SMILES string of the molecule is Oc1c(Br)ccc2[nH]cnc12. The van der Waals surface area contributed by atoms with Gasteiger partial charge < -0.3 is 10.1 Å². The van der Waals surface area contributed by atoms with Crippen molar-refractivity contribution in [2.75, 3.05) is 0 Å². The van der Waals surface area contributed by atoms with Crippen LogP contribution in [0.15, 0.2) is 22.9 Å². The van der Waals surface area contributed by atoms with Gasteiger partial charge in [-0.1, -0.05) is 0 Å². The highest BCUT2D eigenvalue weighted by molar-refractivity contribution is 9.10. The Hall–Kier alpha value is -1.03. The first-order valence-corrected chi connectivity index (χ1v) is 3.89. The number of phenolic OH excluding ortho intramolecular Hbond substituents is 1. The van der Waals surface area contributed by atoms with Gasteiger partial charge in [0.25, 0.3) is 0 Å². The van der Waals surface area contributed by atoms with Crippen LogP contribution in [0.2, 0.25) is 0 Å². The average molecular weight is 213 g/mol. The second kappa shape index (κ2) is 2.23. The highest BCUT2D eigenvalue weighted by atomic mass is 79.9. The van der Waals surface area contributed by atoms with Gasteiger partial charge in [-0.25, -0.2) is 4.98 Å². The summed E-state index contributed by atoms with van der Waals surface area (Å²) in [6.07, 6.45) is 1.55. The van der Waals surface area contributed by atoms with Crippen LogP contribution in [0.5, 0.6) is 5.75 Å². The van der Waals surface area contributed by atoms with Gasteiger partial charge in [0.05, 0.1) is 16.3 Å². The van der Waals surface area contributed by atoms with Gasteiger partial charge in [0.2, 0.25) is 0 Å². The van der Waals surface area contributed by atoms with Crippen LogP contribution in [0.4, 0.5) is 0 Å². The smallest absolute Gasteiger partial charge is 0.157 e. The van der Waals surface area contributed by atoms with E-state index in [1.807, 2.05) is 6.07 Å². The number of rotatable bonds is 0. The Morgan fingerprint density at radius 1 is 1.45 bits per heavy atom. The molecule has 2 aromatic rings. The molecule has 2 N–H and O–H groups in total. The van der Waals surface area contributed by atoms with Crippen molar-refractivity contribution in [3.05, 3.63) is 22.9 Å². The summed E-state index contributed by atoms with van der Waals surface area (Å²) in [5.41, 5.74) is 1.44. The van der Waals surface area contributed by atoms with Crippen molar-refractivity contribution >= 4 is 27.0 Å². The molecule has 1 heterocycles. The topological polar surface area (TPSA) is 48.9 Å². The Kier molecular flexibility index (Phi) is 1.35. The van der Waals surface area contributed by atoms with Crippen molar-refractivity contribution in [3.63, 3.8) is 0 Å². The van der Waals surface area contributed by atoms with Crippen molar-refractivity contribution < 1.29 is 5.11 Å². The molecule has 0 aliphatic heterocycles. The molecule has 0 aliphatic carbocycles. The van der Waals surface area contributed by atoms with E-state index < -0.39 is 0 Å². The fourth-order valence-corrected chi connectivity index (χ4v) is 1.29. The van der Waals surface area contributed by atoms with Gasteiger partial charge in [-0.2, -0.15) is 0 Å². The monoisotopic (exact) mass is 212 g/mol. The molecule has 1 aromatic heterocycles. The second-order valence-corrected chi connectivity index (χ2v) is 3.05. The van der Waals surface area contributed by atoms with Crippen molar-refractivity contribution in [3.8, 4) is 5.75 Å². The molecule has 11 heavy (non-hydrogen) atoms. The molecule has 0 aliphatic rings. The third-order valence-electron chi connectivity index (χ3n) is 1.52. The lowest BCUT2D eigenvalue weighted by molar-refractivity contribution is 0.477. The van der Waals surface area contributed by atoms with Crippen LogP contribution in [0.1, 0.15) is 0 Å². The lowest BCUT2D eigenvalue weighted by Gasteiger charge is -1.95. The number of aromatic hydroxyl groups is 1. The number of imidazole rings is 1. The minimum absolute atomic E-state index is 0.184. The highest BCUT2D eigenvalue weighted by Gasteiger charge is 2.04. The highest BCUT2D eigenvalue weighted by Crippen LogP contribution is 2.29. The van der Waals surface area contributed by atoms with Crippen molar-refractivity contribution in [1.29, 1.82) is 0 Å². The summed E-state index contributed by atoms with van der Waals surface area (Å²) in [5.74, 6) is 0.184. The zero-order chi connectivity index (χ0) is 7.84. The normalized spacial score (nSPS) is 10.6. The van der Waals surface area contributed by atoms with E-state index in [2.05, 4.69) is 25.9 Å². The summed E-state index contributed by atoms with van der Waals surface area (Å²) >= 11 is 3.20. The Morgan fingerprint density at radius 2 is 2.27 bits per heavy atom. The number of H-pyrrole nitrogens is 1. The molecule has 0 saturated carbocycles. The Labute approximate surface area is 71.2 Å². The molecular weight excluding hydrogens is 208 g/mol. The molecule has 56 valence electrons. The first kappa shape index (κ1) is 6.67. The standard InChI is InChI=1S/C7H5BrN2O/c8-4-1-2-5-6(7(4)11)10-3-9-5/h1-3,11H,(H,9,10). The van der Waals surface area contributed by atoms with E-state index in [-0.39, 0.29) is 5.75 Å². The lowest BCUT2D eigenvalue weighted by atomic mass is 10.3. The van der Waals surface area contributed by atoms with Crippen LogP contribution in [0.3, 0.4) is 0 Å². The predicted molar refractivity (Wildman–Crippen MR) is 45.5 cm³/mol. The zero-order valence-electron chi connectivity index (χ0n) is 5.50. The van der Waals surface area contributed by atoms with Gasteiger partial charge in [0.15, 0.2) is 5.75 Å². The maximum absolute atomic E-state index is 9.42. The fourth-order valence-electron chi connectivity index (χ4n) is 0.969. The molecule has 0 atom stereocenters. The van der Waals surface area contributed by atoms with E-state index in [4.69, 9.17) is 0 Å². The Morgan fingerprint density at radius 3 is 3.09 bits per heavy atom. The number of nitrogens with zero attached hydrogens (tertiary/aromatic N) is 1. The van der Waals surface area contributed by atoms with Crippen molar-refractivity contribution in [1.82, 2.24) is 9.97 Å². The Bertz CT molecular complexity index is 396. The number of nitrogens with one attached hydrogen (secondary N) is 1. The molecule has 0 bridgehead atoms. The zero-order valence-corrected chi connectivity index (χ0v) is 7.09. The van der Waals surface area contributed by atoms with E-state index >= 15 is 0 Å². The summed E-state index contributed by atoms with van der Waals surface area (Å²) in [6, 6.07) is 3.63. The number of aromatic amines is 1. The molecule has 0 amide bonds. The van der Waals surface area contributed by atoms with Gasteiger partial charge in [-0.05, 0) is 28.1 Å². The molecule has 0 spiro atoms. The number of benzene rings is 1. The van der Waals surface area contributed by atoms with Crippen LogP contribution < -0.4 is 0 Å². The van der Waals surface area contributed by atoms with E-state index in [1.54, 1.807) is 12.4 Å². The minimum Gasteiger partial charge on any atom is -0.504 e. The van der Waals surface area contributed by atoms with Crippen LogP contribution in [0.25, 0.3) is 11.0 Å². The van der Waals surface area contributed by atoms with Gasteiger partial charge in [-0.15, -0.1) is 0 Å². The quantitative estimate of drug-likeness (QED) is 0.703. The number of hydrogen-bond donors (Lipinski definition) is 2. The third-order valence-corrected chi connectivity index (χ3v) is 2.16. The lowest BCUT2D eigenvalue weighted by Crippen LogP contribution is -1.72. The molecular formula is C7H5BrN2O. The van der Waals surface area contributed by atoms with Gasteiger partial charge in [-0.3, -0.25) is 0 Å². The average Bonchev–Trinajstić information content (AvgIpc) is 2.45. The maximum atomic E-state index is 9.42. The minimum atomic E-state index is 0.184. The van der Waals surface area contributed by atoms with Crippen LogP contribution >= 0.6 is 15.9 Å². The van der Waals surface area contributed by atoms with Gasteiger partial charge >= 0.3 is 0 Å². The van der Waals surface area contributed by atoms with E-state index in [1.165, 1.54) is 0 Å². The number of phenols is 1. The Balaban J connectivity index is 2.93. The van der Waals surface area contributed by atoms with Crippen LogP contribution in [-0.2, 0) is 0 Å². The number of fused-ring (bicyclic) bond motifs is 1. The fraction of sp³-hybridized carbons (Fsp3) is 0. The number of aromatic nitrogens is 2. The molecule has 4 heteroatoms. The molecule has 1 aromatic carbocycles. The van der Waals surface area contributed by atoms with Crippen LogP contribution in [-0.4, -0.2) is 15.1 Å². The molecule has 0 saturated heterocycles. The summed E-state index contributed by atoms with van der Waals surface area (Å²) < 4.78 is 0.664. The first-order chi connectivity index (χ1) is 5.29. The summed E-state index contributed by atoms with van der Waals surface area (Å²) in [7, 11) is 0. The predicted octanol–water partition coefficient (Wildman–Crippen LogP) is 2.03. The van der Waals surface area contributed by atoms with Crippen molar-refractivity contribution in [2.24, 2.45) is 0 Å². The molecule has 2 rings (SSSR count). The first-order valence-electron chi connectivity index (χ1n) is 3.09. The van der Waals surface area contributed by atoms with E-state index in [0.717, 1.165) is 5.52 Å². The van der Waals surface area contributed by atoms with Gasteiger partial charge in [0.1, 0.15) is 5.52 Å². The van der Waals surface area contributed by atoms with E-state index in [0.29, 0.717) is 9.99 Å². The summed E-state index contributed by atoms with van der Waals surface area (Å²) in [4.78, 5) is 6.84. The second-order valence-electron chi connectivity index (χ2n) is 2.19. The molecule has 0 radical (unpaired) electrons. The number of halogens is 1. The van der Waals surface area contributed by atoms with E-state index in [9.17, 15) is 5.11 Å². The van der Waals surface area contributed by atoms with Gasteiger partial charge in [0, 0.05) is 0 Å². The number of hydrogen-bond acceptors (Lipinski definition) is 2. The third kappa shape index (κ3) is 0.903. The largest absolute Gasteiger partial charge is 0.504 e. The summed E-state index contributed by atoms with van der Waals surface area (Å²) in [5, 5.41) is 9.42. The summed E-state index contributed by atoms with van der Waals surface area (Å²) in [6.45, 7) is 0. The van der Waals surface area contributed by atoms with Crippen molar-refractivity contribution in [2.45, 2.75) is 0 Å².